The lowest BCUT2D eigenvalue weighted by molar-refractivity contribution is -0.946. The van der Waals surface area contributed by atoms with E-state index in [-0.39, 0.29) is 12.1 Å². The minimum atomic E-state index is -0.392. The second-order valence-corrected chi connectivity index (χ2v) is 8.73. The molecule has 3 aliphatic rings. The molecule has 136 valence electrons. The predicted octanol–water partition coefficient (Wildman–Crippen LogP) is 4.20. The van der Waals surface area contributed by atoms with Crippen molar-refractivity contribution in [1.82, 2.24) is 0 Å². The van der Waals surface area contributed by atoms with Crippen LogP contribution in [0, 0.1) is 0 Å². The van der Waals surface area contributed by atoms with Crippen molar-refractivity contribution < 1.29 is 14.0 Å². The summed E-state index contributed by atoms with van der Waals surface area (Å²) in [6.07, 6.45) is 10.3. The maximum atomic E-state index is 13.4. The van der Waals surface area contributed by atoms with Crippen molar-refractivity contribution in [2.75, 3.05) is 20.1 Å². The van der Waals surface area contributed by atoms with Gasteiger partial charge in [0.1, 0.15) is 6.04 Å². The zero-order valence-corrected chi connectivity index (χ0v) is 15.6. The van der Waals surface area contributed by atoms with Crippen LogP contribution in [0.1, 0.15) is 63.4 Å². The third-order valence-corrected chi connectivity index (χ3v) is 7.24. The molecule has 0 bridgehead atoms. The quantitative estimate of drug-likeness (QED) is 0.608. The molecule has 0 amide bonds. The highest BCUT2D eigenvalue weighted by molar-refractivity contribution is 5.83. The minimum absolute atomic E-state index is 0.0558. The van der Waals surface area contributed by atoms with Crippen molar-refractivity contribution in [3.05, 3.63) is 35.9 Å². The van der Waals surface area contributed by atoms with Gasteiger partial charge < -0.3 is 9.22 Å². The standard InChI is InChI=1S/C22H32NO2/c1-23-16-8-5-12-19(23)20(13-9-17-23)25-21(24)22(14-6-7-15-22)18-10-3-2-4-11-18/h2-4,10-11,19-20H,5-9,12-17H2,1H3/q+1. The van der Waals surface area contributed by atoms with Gasteiger partial charge in [-0.25, -0.2) is 0 Å². The monoisotopic (exact) mass is 342 g/mol. The fraction of sp³-hybridized carbons (Fsp3) is 0.682. The van der Waals surface area contributed by atoms with Crippen LogP contribution < -0.4 is 0 Å². The smallest absolute Gasteiger partial charge is 0.317 e. The number of hydrogen-bond donors (Lipinski definition) is 0. The van der Waals surface area contributed by atoms with E-state index in [1.165, 1.54) is 38.8 Å². The fourth-order valence-electron chi connectivity index (χ4n) is 5.75. The Morgan fingerprint density at radius 2 is 1.72 bits per heavy atom. The molecule has 25 heavy (non-hydrogen) atoms. The summed E-state index contributed by atoms with van der Waals surface area (Å²) in [5.41, 5.74) is 0.769. The molecule has 3 heteroatoms. The molecule has 3 atom stereocenters. The summed E-state index contributed by atoms with van der Waals surface area (Å²) in [7, 11) is 2.38. The Bertz CT molecular complexity index is 604. The van der Waals surface area contributed by atoms with Crippen molar-refractivity contribution in [2.45, 2.75) is 75.3 Å². The van der Waals surface area contributed by atoms with Crippen LogP contribution in [0.4, 0.5) is 0 Å². The number of piperidine rings is 2. The molecule has 0 spiro atoms. The summed E-state index contributed by atoms with van der Waals surface area (Å²) in [5, 5.41) is 0. The summed E-state index contributed by atoms with van der Waals surface area (Å²) < 4.78 is 7.43. The van der Waals surface area contributed by atoms with Gasteiger partial charge in [0.25, 0.3) is 0 Å². The number of ether oxygens (including phenoxy) is 1. The van der Waals surface area contributed by atoms with Crippen LogP contribution in [0.3, 0.4) is 0 Å². The van der Waals surface area contributed by atoms with Crippen LogP contribution in [0.15, 0.2) is 30.3 Å². The van der Waals surface area contributed by atoms with Gasteiger partial charge >= 0.3 is 5.97 Å². The highest BCUT2D eigenvalue weighted by Gasteiger charge is 2.49. The van der Waals surface area contributed by atoms with Crippen LogP contribution in [0.5, 0.6) is 0 Å². The number of carbonyl (C=O) groups excluding carboxylic acids is 1. The van der Waals surface area contributed by atoms with E-state index in [2.05, 4.69) is 31.3 Å². The highest BCUT2D eigenvalue weighted by Crippen LogP contribution is 2.43. The van der Waals surface area contributed by atoms with E-state index >= 15 is 0 Å². The molecule has 3 unspecified atom stereocenters. The van der Waals surface area contributed by atoms with Crippen LogP contribution in [-0.2, 0) is 14.9 Å². The van der Waals surface area contributed by atoms with E-state index in [0.29, 0.717) is 6.04 Å². The van der Waals surface area contributed by atoms with Crippen LogP contribution >= 0.6 is 0 Å². The van der Waals surface area contributed by atoms with Gasteiger partial charge in [-0.1, -0.05) is 43.2 Å². The molecule has 4 rings (SSSR count). The van der Waals surface area contributed by atoms with Crippen molar-refractivity contribution in [2.24, 2.45) is 0 Å². The zero-order chi connectivity index (χ0) is 17.3. The van der Waals surface area contributed by atoms with Gasteiger partial charge in [-0.15, -0.1) is 0 Å². The normalized spacial score (nSPS) is 34.3. The van der Waals surface area contributed by atoms with Crippen molar-refractivity contribution in [3.63, 3.8) is 0 Å². The van der Waals surface area contributed by atoms with E-state index in [0.717, 1.165) is 42.2 Å². The maximum absolute atomic E-state index is 13.4. The Balaban J connectivity index is 1.56. The molecule has 0 N–H and O–H groups in total. The highest BCUT2D eigenvalue weighted by atomic mass is 16.5. The van der Waals surface area contributed by atoms with Gasteiger partial charge in [0.2, 0.25) is 0 Å². The average Bonchev–Trinajstić information content (AvgIpc) is 3.13. The van der Waals surface area contributed by atoms with Crippen LogP contribution in [0.2, 0.25) is 0 Å². The van der Waals surface area contributed by atoms with Crippen molar-refractivity contribution in [1.29, 1.82) is 0 Å². The Hall–Kier alpha value is -1.35. The Morgan fingerprint density at radius 3 is 2.48 bits per heavy atom. The summed E-state index contributed by atoms with van der Waals surface area (Å²) in [6, 6.07) is 10.9. The number of quaternary nitrogens is 1. The molecular weight excluding hydrogens is 310 g/mol. The van der Waals surface area contributed by atoms with E-state index in [1.807, 2.05) is 6.07 Å². The summed E-state index contributed by atoms with van der Waals surface area (Å²) in [4.78, 5) is 13.4. The number of esters is 1. The topological polar surface area (TPSA) is 26.3 Å². The van der Waals surface area contributed by atoms with E-state index in [1.54, 1.807) is 0 Å². The molecule has 0 aromatic heterocycles. The lowest BCUT2D eigenvalue weighted by atomic mass is 9.78. The average molecular weight is 343 g/mol. The number of carbonyl (C=O) groups is 1. The van der Waals surface area contributed by atoms with Gasteiger partial charge in [-0.2, -0.15) is 0 Å². The first-order chi connectivity index (χ1) is 12.1. The summed E-state index contributed by atoms with van der Waals surface area (Å²) >= 11 is 0. The summed E-state index contributed by atoms with van der Waals surface area (Å²) in [6.45, 7) is 2.51. The Labute approximate surface area is 151 Å². The minimum Gasteiger partial charge on any atom is -0.455 e. The third-order valence-electron chi connectivity index (χ3n) is 7.24. The molecule has 2 saturated heterocycles. The van der Waals surface area contributed by atoms with Gasteiger partial charge in [0.15, 0.2) is 6.10 Å². The van der Waals surface area contributed by atoms with Crippen LogP contribution in [-0.4, -0.2) is 42.7 Å². The number of rotatable bonds is 3. The number of benzene rings is 1. The van der Waals surface area contributed by atoms with Crippen LogP contribution in [0.25, 0.3) is 0 Å². The number of fused-ring (bicyclic) bond motifs is 1. The zero-order valence-electron chi connectivity index (χ0n) is 15.6. The number of hydrogen-bond acceptors (Lipinski definition) is 2. The lowest BCUT2D eigenvalue weighted by Gasteiger charge is -2.50. The molecule has 2 aliphatic heterocycles. The first kappa shape index (κ1) is 17.1. The van der Waals surface area contributed by atoms with Gasteiger partial charge in [-0.05, 0) is 37.7 Å². The van der Waals surface area contributed by atoms with Crippen molar-refractivity contribution >= 4 is 5.97 Å². The molecule has 1 aromatic carbocycles. The predicted molar refractivity (Wildman–Crippen MR) is 99.3 cm³/mol. The first-order valence-electron chi connectivity index (χ1n) is 10.2. The molecule has 1 aliphatic carbocycles. The molecular formula is C22H32NO2+. The maximum Gasteiger partial charge on any atom is 0.317 e. The second kappa shape index (κ2) is 6.75. The van der Waals surface area contributed by atoms with Crippen molar-refractivity contribution in [3.8, 4) is 0 Å². The summed E-state index contributed by atoms with van der Waals surface area (Å²) in [5.74, 6) is 0.0558. The van der Waals surface area contributed by atoms with E-state index < -0.39 is 5.41 Å². The molecule has 0 radical (unpaired) electrons. The number of likely N-dealkylation sites (N-methyl/N-ethyl adjacent to an activating group) is 1. The second-order valence-electron chi connectivity index (χ2n) is 8.73. The molecule has 1 saturated carbocycles. The SMILES string of the molecule is C[N+]12CCCCC1C(OC(=O)C1(c3ccccc3)CCCC1)CCC2. The largest absolute Gasteiger partial charge is 0.455 e. The molecule has 1 aromatic rings. The third kappa shape index (κ3) is 3.01. The Kier molecular flexibility index (Phi) is 4.61. The lowest BCUT2D eigenvalue weighted by Crippen LogP contribution is -2.63. The van der Waals surface area contributed by atoms with Gasteiger partial charge in [0.05, 0.1) is 25.6 Å². The van der Waals surface area contributed by atoms with Gasteiger partial charge in [-0.3, -0.25) is 4.79 Å². The van der Waals surface area contributed by atoms with E-state index in [9.17, 15) is 4.79 Å². The molecule has 2 heterocycles. The molecule has 3 fully saturated rings. The molecule has 3 nitrogen and oxygen atoms in total. The number of nitrogens with zero attached hydrogens (tertiary/aromatic N) is 1. The first-order valence-corrected chi connectivity index (χ1v) is 10.2. The fourth-order valence-corrected chi connectivity index (χ4v) is 5.75. The Morgan fingerprint density at radius 1 is 1.00 bits per heavy atom. The van der Waals surface area contributed by atoms with E-state index in [4.69, 9.17) is 4.74 Å². The van der Waals surface area contributed by atoms with Gasteiger partial charge in [0, 0.05) is 12.8 Å².